The number of hydrogen-bond acceptors (Lipinski definition) is 1. The van der Waals surface area contributed by atoms with Gasteiger partial charge in [0.25, 0.3) is 5.91 Å². The first-order valence-corrected chi connectivity index (χ1v) is 8.46. The van der Waals surface area contributed by atoms with E-state index in [1.165, 1.54) is 44.9 Å². The van der Waals surface area contributed by atoms with Crippen LogP contribution in [0, 0.1) is 9.85 Å². The minimum absolute atomic E-state index is 0.158. The summed E-state index contributed by atoms with van der Waals surface area (Å²) in [4.78, 5) is 11.0. The van der Waals surface area contributed by atoms with E-state index in [-0.39, 0.29) is 5.91 Å². The Balaban J connectivity index is 3.07. The Morgan fingerprint density at radius 2 is 1.53 bits per heavy atom. The summed E-state index contributed by atoms with van der Waals surface area (Å²) in [7, 11) is 0. The lowest BCUT2D eigenvalue weighted by molar-refractivity contribution is -0.115. The van der Waals surface area contributed by atoms with Gasteiger partial charge in [0.05, 0.1) is 0 Å². The number of nitrogens with one attached hydrogen (secondary N) is 1. The highest BCUT2D eigenvalue weighted by atomic mass is 127. The van der Waals surface area contributed by atoms with Crippen LogP contribution in [-0.4, -0.2) is 17.8 Å². The molecular formula is C13H21BrINO. The van der Waals surface area contributed by atoms with Crippen LogP contribution in [0.1, 0.15) is 51.4 Å². The molecule has 0 saturated carbocycles. The third kappa shape index (κ3) is 14.2. The second-order valence-corrected chi connectivity index (χ2v) is 5.33. The Kier molecular flexibility index (Phi) is 14.5. The SMILES string of the molecule is O=C(C#CI)NCCCCCCCCCCBr. The molecule has 0 radical (unpaired) electrons. The standard InChI is InChI=1S/C13H21BrINO/c14-10-7-5-3-1-2-4-6-8-12-16-13(17)9-11-15/h1-8,10,12H2,(H,16,17). The number of alkyl halides is 1. The van der Waals surface area contributed by atoms with Crippen LogP contribution < -0.4 is 5.32 Å². The first-order chi connectivity index (χ1) is 8.31. The Hall–Kier alpha value is 0.240. The highest BCUT2D eigenvalue weighted by Crippen LogP contribution is 2.08. The summed E-state index contributed by atoms with van der Waals surface area (Å²) in [5.41, 5.74) is 0. The third-order valence-electron chi connectivity index (χ3n) is 2.51. The number of halogens is 2. The van der Waals surface area contributed by atoms with Crippen molar-refractivity contribution in [2.45, 2.75) is 51.4 Å². The van der Waals surface area contributed by atoms with E-state index in [2.05, 4.69) is 31.1 Å². The predicted octanol–water partition coefficient (Wildman–Crippen LogP) is 4.01. The second kappa shape index (κ2) is 14.3. The molecule has 0 rings (SSSR count). The molecule has 0 atom stereocenters. The third-order valence-corrected chi connectivity index (χ3v) is 3.34. The van der Waals surface area contributed by atoms with Gasteiger partial charge in [-0.1, -0.05) is 54.5 Å². The van der Waals surface area contributed by atoms with Gasteiger partial charge < -0.3 is 5.32 Å². The second-order valence-electron chi connectivity index (χ2n) is 3.99. The molecule has 0 unspecified atom stereocenters. The smallest absolute Gasteiger partial charge is 0.296 e. The molecule has 0 aromatic carbocycles. The van der Waals surface area contributed by atoms with Crippen molar-refractivity contribution in [2.75, 3.05) is 11.9 Å². The van der Waals surface area contributed by atoms with Crippen LogP contribution in [0.25, 0.3) is 0 Å². The molecule has 0 bridgehead atoms. The van der Waals surface area contributed by atoms with Crippen LogP contribution in [0.2, 0.25) is 0 Å². The fourth-order valence-corrected chi connectivity index (χ4v) is 2.21. The van der Waals surface area contributed by atoms with E-state index in [1.54, 1.807) is 0 Å². The summed E-state index contributed by atoms with van der Waals surface area (Å²) < 4.78 is 2.56. The molecule has 0 spiro atoms. The van der Waals surface area contributed by atoms with E-state index in [9.17, 15) is 4.79 Å². The average Bonchev–Trinajstić information content (AvgIpc) is 2.32. The van der Waals surface area contributed by atoms with E-state index in [1.807, 2.05) is 22.6 Å². The highest BCUT2D eigenvalue weighted by molar-refractivity contribution is 14.1. The monoisotopic (exact) mass is 413 g/mol. The van der Waals surface area contributed by atoms with Crippen molar-refractivity contribution in [1.82, 2.24) is 5.32 Å². The van der Waals surface area contributed by atoms with Gasteiger partial charge in [0.2, 0.25) is 0 Å². The maximum Gasteiger partial charge on any atom is 0.296 e. The van der Waals surface area contributed by atoms with Gasteiger partial charge in [-0.2, -0.15) is 0 Å². The number of carbonyl (C=O) groups excluding carboxylic acids is 1. The fraction of sp³-hybridized carbons (Fsp3) is 0.769. The van der Waals surface area contributed by atoms with Crippen LogP contribution in [0.3, 0.4) is 0 Å². The summed E-state index contributed by atoms with van der Waals surface area (Å²) in [6, 6.07) is 0. The van der Waals surface area contributed by atoms with Gasteiger partial charge in [0.1, 0.15) is 0 Å². The molecule has 1 amide bonds. The molecule has 1 N–H and O–H groups in total. The maximum atomic E-state index is 11.0. The molecule has 0 saturated heterocycles. The van der Waals surface area contributed by atoms with Gasteiger partial charge in [-0.3, -0.25) is 4.79 Å². The van der Waals surface area contributed by atoms with Crippen LogP contribution in [0.5, 0.6) is 0 Å². The molecule has 0 aliphatic heterocycles. The zero-order chi connectivity index (χ0) is 12.8. The zero-order valence-electron chi connectivity index (χ0n) is 10.2. The average molecular weight is 414 g/mol. The molecule has 0 heterocycles. The number of rotatable bonds is 10. The molecule has 0 aromatic rings. The molecule has 0 fully saturated rings. The van der Waals surface area contributed by atoms with E-state index >= 15 is 0 Å². The minimum atomic E-state index is -0.158. The van der Waals surface area contributed by atoms with Crippen LogP contribution in [-0.2, 0) is 4.79 Å². The van der Waals surface area contributed by atoms with Crippen molar-refractivity contribution in [3.05, 3.63) is 0 Å². The highest BCUT2D eigenvalue weighted by Gasteiger charge is 1.95. The van der Waals surface area contributed by atoms with Gasteiger partial charge >= 0.3 is 0 Å². The van der Waals surface area contributed by atoms with E-state index in [4.69, 9.17) is 0 Å². The van der Waals surface area contributed by atoms with Gasteiger partial charge in [-0.05, 0) is 16.8 Å². The maximum absolute atomic E-state index is 11.0. The van der Waals surface area contributed by atoms with Crippen LogP contribution in [0.15, 0.2) is 0 Å². The lowest BCUT2D eigenvalue weighted by Gasteiger charge is -2.02. The minimum Gasteiger partial charge on any atom is -0.345 e. The van der Waals surface area contributed by atoms with Crippen molar-refractivity contribution < 1.29 is 4.79 Å². The quantitative estimate of drug-likeness (QED) is 0.249. The van der Waals surface area contributed by atoms with Crippen molar-refractivity contribution in [3.8, 4) is 9.85 Å². The zero-order valence-corrected chi connectivity index (χ0v) is 14.0. The number of amides is 1. The lowest BCUT2D eigenvalue weighted by atomic mass is 10.1. The summed E-state index contributed by atoms with van der Waals surface area (Å²) in [5, 5.41) is 3.91. The van der Waals surface area contributed by atoms with E-state index in [0.717, 1.165) is 18.3 Å². The largest absolute Gasteiger partial charge is 0.345 e. The van der Waals surface area contributed by atoms with Gasteiger partial charge in [-0.15, -0.1) is 0 Å². The molecule has 2 nitrogen and oxygen atoms in total. The summed E-state index contributed by atoms with van der Waals surface area (Å²) in [6.45, 7) is 0.758. The Bertz CT molecular complexity index is 248. The van der Waals surface area contributed by atoms with Crippen molar-refractivity contribution in [3.63, 3.8) is 0 Å². The molecule has 0 aliphatic rings. The summed E-state index contributed by atoms with van der Waals surface area (Å²) in [5.74, 6) is 2.30. The van der Waals surface area contributed by atoms with Gasteiger partial charge in [-0.25, -0.2) is 0 Å². The Labute approximate surface area is 127 Å². The first-order valence-electron chi connectivity index (χ1n) is 6.26. The lowest BCUT2D eigenvalue weighted by Crippen LogP contribution is -2.22. The topological polar surface area (TPSA) is 29.1 Å². The Morgan fingerprint density at radius 3 is 2.06 bits per heavy atom. The predicted molar refractivity (Wildman–Crippen MR) is 85.5 cm³/mol. The molecule has 0 aliphatic carbocycles. The fourth-order valence-electron chi connectivity index (χ4n) is 1.57. The van der Waals surface area contributed by atoms with Gasteiger partial charge in [0, 0.05) is 40.4 Å². The molecule has 4 heteroatoms. The van der Waals surface area contributed by atoms with E-state index < -0.39 is 0 Å². The number of hydrogen-bond donors (Lipinski definition) is 1. The van der Waals surface area contributed by atoms with E-state index in [0.29, 0.717) is 0 Å². The summed E-state index contributed by atoms with van der Waals surface area (Å²) >= 11 is 5.31. The van der Waals surface area contributed by atoms with Crippen molar-refractivity contribution in [1.29, 1.82) is 0 Å². The van der Waals surface area contributed by atoms with Crippen molar-refractivity contribution >= 4 is 44.4 Å². The van der Waals surface area contributed by atoms with Crippen LogP contribution >= 0.6 is 38.5 Å². The summed E-state index contributed by atoms with van der Waals surface area (Å²) in [6.07, 6.45) is 10.2. The molecule has 0 aromatic heterocycles. The number of unbranched alkanes of at least 4 members (excludes halogenated alkanes) is 7. The normalized spacial score (nSPS) is 9.53. The molecule has 17 heavy (non-hydrogen) atoms. The Morgan fingerprint density at radius 1 is 1.00 bits per heavy atom. The van der Waals surface area contributed by atoms with Crippen molar-refractivity contribution in [2.24, 2.45) is 0 Å². The number of carbonyl (C=O) groups is 1. The molecule has 98 valence electrons. The first kappa shape index (κ1) is 17.2. The molecular weight excluding hydrogens is 393 g/mol. The van der Waals surface area contributed by atoms with Crippen LogP contribution in [0.4, 0.5) is 0 Å². The van der Waals surface area contributed by atoms with Gasteiger partial charge in [0.15, 0.2) is 0 Å².